The fourth-order valence-electron chi connectivity index (χ4n) is 2.41. The zero-order chi connectivity index (χ0) is 10.5. The Bertz CT molecular complexity index is 305. The molecule has 0 saturated heterocycles. The van der Waals surface area contributed by atoms with Crippen molar-refractivity contribution in [2.24, 2.45) is 0 Å². The quantitative estimate of drug-likeness (QED) is 0.692. The van der Waals surface area contributed by atoms with Gasteiger partial charge in [0, 0.05) is 22.8 Å². The number of hydrogen-bond acceptors (Lipinski definition) is 1. The number of rotatable bonds is 3. The van der Waals surface area contributed by atoms with E-state index in [2.05, 4.69) is 12.1 Å². The van der Waals surface area contributed by atoms with Gasteiger partial charge in [0.15, 0.2) is 6.61 Å². The maximum absolute atomic E-state index is 5.61. The van der Waals surface area contributed by atoms with Gasteiger partial charge < -0.3 is 0 Å². The molecule has 1 aromatic heterocycles. The van der Waals surface area contributed by atoms with Gasteiger partial charge in [0.1, 0.15) is 0 Å². The van der Waals surface area contributed by atoms with E-state index in [0.29, 0.717) is 5.92 Å². The maximum Gasteiger partial charge on any atom is 0.237 e. The van der Waals surface area contributed by atoms with Crippen LogP contribution in [0.25, 0.3) is 0 Å². The minimum Gasteiger partial charge on any atom is -0.271 e. The molecule has 2 nitrogen and oxygen atoms in total. The molecule has 1 aliphatic carbocycles. The van der Waals surface area contributed by atoms with Crippen molar-refractivity contribution in [1.82, 2.24) is 0 Å². The summed E-state index contributed by atoms with van der Waals surface area (Å²) in [5.74, 6) is 0.700. The number of aromatic nitrogens is 1. The van der Waals surface area contributed by atoms with Crippen molar-refractivity contribution in [3.63, 3.8) is 0 Å². The summed E-state index contributed by atoms with van der Waals surface area (Å²) < 4.78 is 1.95. The second-order valence-corrected chi connectivity index (χ2v) is 4.20. The predicted molar refractivity (Wildman–Crippen MR) is 59.6 cm³/mol. The molecule has 2 rings (SSSR count). The molecule has 0 unspecified atom stereocenters. The molecule has 0 aliphatic heterocycles. The Morgan fingerprint density at radius 2 is 2.07 bits per heavy atom. The molecule has 1 aliphatic rings. The molecule has 0 aromatic carbocycles. The van der Waals surface area contributed by atoms with Crippen molar-refractivity contribution < 1.29 is 9.57 Å². The largest absolute Gasteiger partial charge is 0.271 e. The van der Waals surface area contributed by atoms with Gasteiger partial charge in [0.25, 0.3) is 0 Å². The third kappa shape index (κ3) is 2.49. The lowest BCUT2D eigenvalue weighted by Crippen LogP contribution is -2.47. The Balaban J connectivity index is 2.17. The smallest absolute Gasteiger partial charge is 0.237 e. The molecule has 15 heavy (non-hydrogen) atoms. The summed E-state index contributed by atoms with van der Waals surface area (Å²) in [7, 11) is 0. The van der Waals surface area contributed by atoms with Crippen molar-refractivity contribution in [1.29, 1.82) is 0 Å². The first-order valence-electron chi connectivity index (χ1n) is 6.05. The lowest BCUT2D eigenvalue weighted by atomic mass is 9.87. The maximum atomic E-state index is 5.61. The minimum atomic E-state index is 0.700. The molecule has 1 fully saturated rings. The van der Waals surface area contributed by atoms with Gasteiger partial charge >= 0.3 is 0 Å². The summed E-state index contributed by atoms with van der Waals surface area (Å²) in [6.45, 7) is 2.76. The Labute approximate surface area is 91.8 Å². The van der Waals surface area contributed by atoms with Gasteiger partial charge in [-0.25, -0.2) is 0 Å². The van der Waals surface area contributed by atoms with Gasteiger partial charge in [0.05, 0.1) is 0 Å². The predicted octanol–water partition coefficient (Wildman–Crippen LogP) is 2.47. The zero-order valence-electron chi connectivity index (χ0n) is 9.48. The first-order chi connectivity index (χ1) is 7.42. The highest BCUT2D eigenvalue weighted by Gasteiger charge is 2.24. The molecular weight excluding hydrogens is 186 g/mol. The number of hydrogen-bond donors (Lipinski definition) is 0. The Hall–Kier alpha value is -1.05. The average molecular weight is 206 g/mol. The summed E-state index contributed by atoms with van der Waals surface area (Å²) in [6, 6.07) is 6.34. The molecule has 0 radical (unpaired) electrons. The van der Waals surface area contributed by atoms with E-state index >= 15 is 0 Å². The molecule has 82 valence electrons. The van der Waals surface area contributed by atoms with Gasteiger partial charge in [-0.1, -0.05) is 19.3 Å². The highest BCUT2D eigenvalue weighted by atomic mass is 16.7. The Morgan fingerprint density at radius 1 is 1.27 bits per heavy atom. The van der Waals surface area contributed by atoms with Crippen molar-refractivity contribution in [3.05, 3.63) is 30.1 Å². The summed E-state index contributed by atoms with van der Waals surface area (Å²) >= 11 is 0. The molecule has 2 heteroatoms. The molecule has 1 heterocycles. The van der Waals surface area contributed by atoms with Crippen molar-refractivity contribution >= 4 is 0 Å². The van der Waals surface area contributed by atoms with Crippen LogP contribution in [-0.4, -0.2) is 6.61 Å². The number of pyridine rings is 1. The normalized spacial score (nSPS) is 17.7. The van der Waals surface area contributed by atoms with Crippen LogP contribution in [0.3, 0.4) is 0 Å². The SMILES string of the molecule is CCO[n+]1ccccc1C1CCCCC1. The van der Waals surface area contributed by atoms with Gasteiger partial charge in [-0.15, -0.1) is 0 Å². The monoisotopic (exact) mass is 206 g/mol. The summed E-state index contributed by atoms with van der Waals surface area (Å²) in [6.07, 6.45) is 8.79. The van der Waals surface area contributed by atoms with Crippen LogP contribution in [0, 0.1) is 0 Å². The second-order valence-electron chi connectivity index (χ2n) is 4.20. The molecule has 0 bridgehead atoms. The third-order valence-corrected chi connectivity index (χ3v) is 3.15. The molecule has 0 atom stereocenters. The van der Waals surface area contributed by atoms with Crippen molar-refractivity contribution in [2.75, 3.05) is 6.61 Å². The van der Waals surface area contributed by atoms with Crippen molar-refractivity contribution in [2.45, 2.75) is 44.9 Å². The number of nitrogens with zero attached hydrogens (tertiary/aromatic N) is 1. The Morgan fingerprint density at radius 3 is 2.80 bits per heavy atom. The van der Waals surface area contributed by atoms with Crippen LogP contribution in [0.4, 0.5) is 0 Å². The van der Waals surface area contributed by atoms with E-state index in [9.17, 15) is 0 Å². The van der Waals surface area contributed by atoms with E-state index in [1.807, 2.05) is 23.9 Å². The summed E-state index contributed by atoms with van der Waals surface area (Å²) in [5.41, 5.74) is 1.35. The summed E-state index contributed by atoms with van der Waals surface area (Å²) in [4.78, 5) is 5.61. The van der Waals surface area contributed by atoms with Crippen LogP contribution in [0.15, 0.2) is 24.4 Å². The van der Waals surface area contributed by atoms with Crippen LogP contribution < -0.4 is 9.57 Å². The topological polar surface area (TPSA) is 13.1 Å². The second kappa shape index (κ2) is 5.15. The fraction of sp³-hybridized carbons (Fsp3) is 0.615. The molecule has 0 N–H and O–H groups in total. The lowest BCUT2D eigenvalue weighted by molar-refractivity contribution is -0.896. The zero-order valence-corrected chi connectivity index (χ0v) is 9.48. The highest BCUT2D eigenvalue weighted by Crippen LogP contribution is 2.30. The first kappa shape index (κ1) is 10.5. The van der Waals surface area contributed by atoms with E-state index in [0.717, 1.165) is 6.61 Å². The molecular formula is C13H20NO+. The van der Waals surface area contributed by atoms with Gasteiger partial charge in [-0.05, 0) is 25.8 Å². The molecule has 1 aromatic rings. The van der Waals surface area contributed by atoms with E-state index in [1.54, 1.807) is 0 Å². The standard InChI is InChI=1S/C13H20NO/c1-2-15-14-11-7-6-10-13(14)12-8-4-3-5-9-12/h6-7,10-12H,2-5,8-9H2,1H3/q+1. The third-order valence-electron chi connectivity index (χ3n) is 3.15. The van der Waals surface area contributed by atoms with Crippen LogP contribution in [-0.2, 0) is 0 Å². The lowest BCUT2D eigenvalue weighted by Gasteiger charge is -2.18. The van der Waals surface area contributed by atoms with Gasteiger partial charge in [-0.2, -0.15) is 0 Å². The fourth-order valence-corrected chi connectivity index (χ4v) is 2.41. The van der Waals surface area contributed by atoms with E-state index in [-0.39, 0.29) is 0 Å². The highest BCUT2D eigenvalue weighted by molar-refractivity contribution is 5.04. The van der Waals surface area contributed by atoms with E-state index in [4.69, 9.17) is 4.84 Å². The minimum absolute atomic E-state index is 0.700. The Kier molecular flexibility index (Phi) is 3.59. The van der Waals surface area contributed by atoms with E-state index in [1.165, 1.54) is 37.8 Å². The summed E-state index contributed by atoms with van der Waals surface area (Å²) in [5, 5.41) is 0. The van der Waals surface area contributed by atoms with Crippen LogP contribution >= 0.6 is 0 Å². The van der Waals surface area contributed by atoms with Gasteiger partial charge in [0.2, 0.25) is 11.9 Å². The van der Waals surface area contributed by atoms with E-state index < -0.39 is 0 Å². The first-order valence-corrected chi connectivity index (χ1v) is 6.05. The van der Waals surface area contributed by atoms with Crippen LogP contribution in [0.1, 0.15) is 50.6 Å². The van der Waals surface area contributed by atoms with Crippen molar-refractivity contribution in [3.8, 4) is 0 Å². The molecule has 0 amide bonds. The molecule has 1 saturated carbocycles. The van der Waals surface area contributed by atoms with Crippen LogP contribution in [0.2, 0.25) is 0 Å². The average Bonchev–Trinajstić information content (AvgIpc) is 2.31. The van der Waals surface area contributed by atoms with Crippen LogP contribution in [0.5, 0.6) is 0 Å². The van der Waals surface area contributed by atoms with Gasteiger partial charge in [-0.3, -0.25) is 4.84 Å². The molecule has 0 spiro atoms.